The Morgan fingerprint density at radius 2 is 1.59 bits per heavy atom. The van der Waals surface area contributed by atoms with Gasteiger partial charge in [0, 0.05) is 5.41 Å². The molecule has 2 aromatic rings. The maximum absolute atomic E-state index is 11.8. The lowest BCUT2D eigenvalue weighted by Crippen LogP contribution is -2.34. The van der Waals surface area contributed by atoms with Gasteiger partial charge in [-0.15, -0.1) is 11.6 Å². The van der Waals surface area contributed by atoms with Crippen LogP contribution in [0.1, 0.15) is 31.9 Å². The summed E-state index contributed by atoms with van der Waals surface area (Å²) in [6, 6.07) is 10.7. The average molecular weight is 553 g/mol. The lowest BCUT2D eigenvalue weighted by Gasteiger charge is -2.28. The summed E-state index contributed by atoms with van der Waals surface area (Å²) in [6.07, 6.45) is 0.981. The minimum atomic E-state index is -3.44. The molecule has 0 heterocycles. The zero-order chi connectivity index (χ0) is 25.7. The molecule has 0 amide bonds. The van der Waals surface area contributed by atoms with Crippen LogP contribution in [0.2, 0.25) is 10.0 Å². The maximum atomic E-state index is 11.8. The smallest absolute Gasteiger partial charge is 0.209 e. The second kappa shape index (κ2) is 11.5. The van der Waals surface area contributed by atoms with E-state index < -0.39 is 26.8 Å². The Morgan fingerprint density at radius 1 is 1.03 bits per heavy atom. The predicted octanol–water partition coefficient (Wildman–Crippen LogP) is 4.19. The number of halogens is 3. The summed E-state index contributed by atoms with van der Waals surface area (Å²) >= 11 is 18.6. The summed E-state index contributed by atoms with van der Waals surface area (Å²) in [5.74, 6) is 0.345. The molecule has 11 heteroatoms. The van der Waals surface area contributed by atoms with Crippen molar-refractivity contribution in [3.8, 4) is 11.5 Å². The number of benzene rings is 2. The number of hydrogen-bond donors (Lipinski definition) is 2. The molecule has 0 unspecified atom stereocenters. The number of Topliss-reactive ketones (excluding diaryl/α,β-unsaturated/α-hetero) is 1. The van der Waals surface area contributed by atoms with Crippen molar-refractivity contribution in [3.05, 3.63) is 57.6 Å². The van der Waals surface area contributed by atoms with Gasteiger partial charge in [0.1, 0.15) is 24.6 Å². The SMILES string of the molecule is CC(C)(c1ccc(OCC(=O)CNS(C)(=O)=O)cc1)c1cc(Cl)c(OC[C@@](C)(O)CCl)c(Cl)c1. The number of rotatable bonds is 12. The van der Waals surface area contributed by atoms with Crippen LogP contribution in [0.25, 0.3) is 0 Å². The van der Waals surface area contributed by atoms with Gasteiger partial charge in [0.05, 0.1) is 28.7 Å². The summed E-state index contributed by atoms with van der Waals surface area (Å²) in [6.45, 7) is 4.92. The lowest BCUT2D eigenvalue weighted by atomic mass is 9.78. The fourth-order valence-electron chi connectivity index (χ4n) is 2.89. The molecule has 7 nitrogen and oxygen atoms in total. The van der Waals surface area contributed by atoms with Crippen LogP contribution in [-0.2, 0) is 20.2 Å². The van der Waals surface area contributed by atoms with Gasteiger partial charge in [-0.1, -0.05) is 49.2 Å². The van der Waals surface area contributed by atoms with E-state index in [1.165, 1.54) is 0 Å². The summed E-state index contributed by atoms with van der Waals surface area (Å²) < 4.78 is 35.3. The van der Waals surface area contributed by atoms with Crippen LogP contribution in [0.4, 0.5) is 0 Å². The van der Waals surface area contributed by atoms with Crippen LogP contribution >= 0.6 is 34.8 Å². The molecule has 188 valence electrons. The van der Waals surface area contributed by atoms with Crippen molar-refractivity contribution < 1.29 is 27.8 Å². The number of carbonyl (C=O) groups excluding carboxylic acids is 1. The van der Waals surface area contributed by atoms with Crippen LogP contribution in [0, 0.1) is 0 Å². The molecule has 0 spiro atoms. The highest BCUT2D eigenvalue weighted by Crippen LogP contribution is 2.41. The van der Waals surface area contributed by atoms with Gasteiger partial charge >= 0.3 is 0 Å². The first-order valence-corrected chi connectivity index (χ1v) is 13.4. The van der Waals surface area contributed by atoms with Crippen molar-refractivity contribution >= 4 is 50.6 Å². The van der Waals surface area contributed by atoms with E-state index in [-0.39, 0.29) is 31.4 Å². The van der Waals surface area contributed by atoms with Crippen molar-refractivity contribution in [2.24, 2.45) is 0 Å². The first-order valence-electron chi connectivity index (χ1n) is 10.2. The summed E-state index contributed by atoms with van der Waals surface area (Å²) in [4.78, 5) is 11.8. The first kappa shape index (κ1) is 28.7. The molecular formula is C23H28Cl3NO6S. The highest BCUT2D eigenvalue weighted by molar-refractivity contribution is 7.88. The molecular weight excluding hydrogens is 525 g/mol. The molecule has 1 atom stereocenters. The number of nitrogens with one attached hydrogen (secondary N) is 1. The maximum Gasteiger partial charge on any atom is 0.209 e. The third kappa shape index (κ3) is 8.29. The third-order valence-corrected chi connectivity index (χ3v) is 6.85. The molecule has 2 N–H and O–H groups in total. The first-order chi connectivity index (χ1) is 15.6. The van der Waals surface area contributed by atoms with Crippen molar-refractivity contribution in [2.45, 2.75) is 31.8 Å². The topological polar surface area (TPSA) is 102 Å². The molecule has 0 aliphatic carbocycles. The molecule has 34 heavy (non-hydrogen) atoms. The molecule has 0 fully saturated rings. The Labute approximate surface area is 215 Å². The minimum Gasteiger partial charge on any atom is -0.487 e. The zero-order valence-electron chi connectivity index (χ0n) is 19.3. The number of carbonyl (C=O) groups is 1. The van der Waals surface area contributed by atoms with Gasteiger partial charge in [-0.3, -0.25) is 4.79 Å². The highest BCUT2D eigenvalue weighted by Gasteiger charge is 2.27. The largest absolute Gasteiger partial charge is 0.487 e. The number of hydrogen-bond acceptors (Lipinski definition) is 6. The zero-order valence-corrected chi connectivity index (χ0v) is 22.4. The molecule has 2 rings (SSSR count). The van der Waals surface area contributed by atoms with Crippen LogP contribution in [-0.4, -0.2) is 56.8 Å². The van der Waals surface area contributed by atoms with Crippen LogP contribution in [0.5, 0.6) is 11.5 Å². The number of ketones is 1. The van der Waals surface area contributed by atoms with E-state index in [1.54, 1.807) is 31.2 Å². The Kier molecular flexibility index (Phi) is 9.67. The second-order valence-corrected chi connectivity index (χ2v) is 11.7. The van der Waals surface area contributed by atoms with Crippen molar-refractivity contribution in [2.75, 3.05) is 31.9 Å². The summed E-state index contributed by atoms with van der Waals surface area (Å²) in [7, 11) is -3.44. The van der Waals surface area contributed by atoms with Gasteiger partial charge in [0.2, 0.25) is 10.0 Å². The molecule has 0 aromatic heterocycles. The summed E-state index contributed by atoms with van der Waals surface area (Å²) in [5, 5.41) is 10.7. The van der Waals surface area contributed by atoms with Gasteiger partial charge < -0.3 is 14.6 Å². The number of aliphatic hydroxyl groups is 1. The van der Waals surface area contributed by atoms with Gasteiger partial charge in [0.25, 0.3) is 0 Å². The minimum absolute atomic E-state index is 0.00123. The Bertz CT molecular complexity index is 1100. The molecule has 0 radical (unpaired) electrons. The van der Waals surface area contributed by atoms with E-state index in [1.807, 2.05) is 26.0 Å². The number of alkyl halides is 1. The van der Waals surface area contributed by atoms with Crippen LogP contribution < -0.4 is 14.2 Å². The Hall–Kier alpha value is -1.55. The third-order valence-electron chi connectivity index (χ3n) is 5.04. The van der Waals surface area contributed by atoms with Gasteiger partial charge in [0.15, 0.2) is 11.5 Å². The second-order valence-electron chi connectivity index (χ2n) is 8.76. The standard InChI is InChI=1S/C23H28Cl3NO6S/c1-22(2,16-9-19(25)21(20(26)10-16)33-14-23(3,29)13-24)15-5-7-18(8-6-15)32-12-17(28)11-27-34(4,30)31/h5-10,27,29H,11-14H2,1-4H3/t23-/m0/s1. The Balaban J connectivity index is 2.11. The molecule has 2 aromatic carbocycles. The van der Waals surface area contributed by atoms with E-state index in [0.29, 0.717) is 15.8 Å². The number of sulfonamides is 1. The molecule has 0 saturated heterocycles. The number of ether oxygens (including phenoxy) is 2. The van der Waals surface area contributed by atoms with E-state index in [9.17, 15) is 18.3 Å². The van der Waals surface area contributed by atoms with Crippen molar-refractivity contribution in [3.63, 3.8) is 0 Å². The molecule has 0 aliphatic rings. The van der Waals surface area contributed by atoms with E-state index >= 15 is 0 Å². The monoisotopic (exact) mass is 551 g/mol. The van der Waals surface area contributed by atoms with Gasteiger partial charge in [-0.25, -0.2) is 13.1 Å². The normalized spacial score (nSPS) is 13.9. The molecule has 0 bridgehead atoms. The van der Waals surface area contributed by atoms with Crippen molar-refractivity contribution in [1.29, 1.82) is 0 Å². The van der Waals surface area contributed by atoms with Crippen LogP contribution in [0.3, 0.4) is 0 Å². The van der Waals surface area contributed by atoms with Crippen LogP contribution in [0.15, 0.2) is 36.4 Å². The van der Waals surface area contributed by atoms with E-state index in [2.05, 4.69) is 4.72 Å². The van der Waals surface area contributed by atoms with E-state index in [4.69, 9.17) is 44.3 Å². The molecule has 0 saturated carbocycles. The average Bonchev–Trinajstić information content (AvgIpc) is 2.75. The fourth-order valence-corrected chi connectivity index (χ4v) is 3.98. The lowest BCUT2D eigenvalue weighted by molar-refractivity contribution is -0.119. The summed E-state index contributed by atoms with van der Waals surface area (Å²) in [5.41, 5.74) is 0.0804. The fraction of sp³-hybridized carbons (Fsp3) is 0.435. The van der Waals surface area contributed by atoms with Gasteiger partial charge in [-0.05, 0) is 42.3 Å². The van der Waals surface area contributed by atoms with E-state index in [0.717, 1.165) is 17.4 Å². The van der Waals surface area contributed by atoms with Gasteiger partial charge in [-0.2, -0.15) is 0 Å². The molecule has 0 aliphatic heterocycles. The predicted molar refractivity (Wildman–Crippen MR) is 135 cm³/mol. The Morgan fingerprint density at radius 3 is 2.09 bits per heavy atom. The van der Waals surface area contributed by atoms with Crippen molar-refractivity contribution in [1.82, 2.24) is 4.72 Å². The quantitative estimate of drug-likeness (QED) is 0.383. The highest BCUT2D eigenvalue weighted by atomic mass is 35.5.